The molecule has 1 aliphatic heterocycles. The van der Waals surface area contributed by atoms with Crippen LogP contribution in [-0.4, -0.2) is 48.3 Å². The molecule has 0 aromatic rings. The summed E-state index contributed by atoms with van der Waals surface area (Å²) in [5.74, 6) is -0.440. The van der Waals surface area contributed by atoms with Crippen LogP contribution in [0.3, 0.4) is 0 Å². The Morgan fingerprint density at radius 1 is 1.69 bits per heavy atom. The van der Waals surface area contributed by atoms with Crippen LogP contribution in [0.4, 0.5) is 0 Å². The van der Waals surface area contributed by atoms with E-state index in [1.54, 1.807) is 6.92 Å². The molecule has 0 amide bonds. The molecule has 1 rings (SSSR count). The summed E-state index contributed by atoms with van der Waals surface area (Å²) < 4.78 is 4.78. The smallest absolute Gasteiger partial charge is 0.333 e. The predicted octanol–water partition coefficient (Wildman–Crippen LogP) is -0.218. The van der Waals surface area contributed by atoms with Gasteiger partial charge in [0.25, 0.3) is 0 Å². The van der Waals surface area contributed by atoms with Crippen LogP contribution in [0, 0.1) is 0 Å². The Balaban J connectivity index is 2.09. The molecule has 13 heavy (non-hydrogen) atoms. The molecule has 0 bridgehead atoms. The van der Waals surface area contributed by atoms with E-state index in [0.29, 0.717) is 12.1 Å². The van der Waals surface area contributed by atoms with Gasteiger partial charge in [-0.1, -0.05) is 6.58 Å². The molecule has 1 N–H and O–H groups in total. The fourth-order valence-corrected chi connectivity index (χ4v) is 0.899. The van der Waals surface area contributed by atoms with Crippen LogP contribution in [0.25, 0.3) is 0 Å². The molecule has 0 saturated carbocycles. The highest BCUT2D eigenvalue weighted by Crippen LogP contribution is 2.04. The van der Waals surface area contributed by atoms with Gasteiger partial charge in [0, 0.05) is 25.2 Å². The number of hydrogen-bond acceptors (Lipinski definition) is 4. The molecule has 1 saturated heterocycles. The number of esters is 1. The van der Waals surface area contributed by atoms with Gasteiger partial charge in [0.2, 0.25) is 0 Å². The molecule has 0 spiro atoms. The fourth-order valence-electron chi connectivity index (χ4n) is 0.899. The summed E-state index contributed by atoms with van der Waals surface area (Å²) in [4.78, 5) is 13.0. The van der Waals surface area contributed by atoms with Crippen LogP contribution in [-0.2, 0) is 9.53 Å². The van der Waals surface area contributed by atoms with Gasteiger partial charge in [0.1, 0.15) is 12.7 Å². The van der Waals surface area contributed by atoms with Crippen molar-refractivity contribution in [3.05, 3.63) is 12.2 Å². The van der Waals surface area contributed by atoms with Gasteiger partial charge in [-0.3, -0.25) is 4.90 Å². The third kappa shape index (κ3) is 4.05. The van der Waals surface area contributed by atoms with Gasteiger partial charge in [0.05, 0.1) is 0 Å². The summed E-state index contributed by atoms with van der Waals surface area (Å²) in [6, 6.07) is 0. The summed E-state index contributed by atoms with van der Waals surface area (Å²) in [5, 5.41) is 9.34. The monoisotopic (exact) mass is 185 g/mol. The third-order valence-electron chi connectivity index (χ3n) is 1.76. The lowest BCUT2D eigenvalue weighted by atomic mass is 10.3. The Bertz CT molecular complexity index is 211. The van der Waals surface area contributed by atoms with E-state index in [-0.39, 0.29) is 6.61 Å². The summed E-state index contributed by atoms with van der Waals surface area (Å²) in [5.41, 5.74) is 0.360. The molecule has 0 aromatic carbocycles. The quantitative estimate of drug-likeness (QED) is 0.365. The van der Waals surface area contributed by atoms with Crippen LogP contribution in [0.5, 0.6) is 0 Å². The molecule has 1 heterocycles. The number of β-amino-alcohol motifs (C(OH)–C–C–N with tert-alkyl or cyclic N) is 1. The van der Waals surface area contributed by atoms with E-state index in [4.69, 9.17) is 4.74 Å². The fraction of sp³-hybridized carbons (Fsp3) is 0.667. The largest absolute Gasteiger partial charge is 0.460 e. The van der Waals surface area contributed by atoms with Crippen molar-refractivity contribution in [1.82, 2.24) is 4.90 Å². The van der Waals surface area contributed by atoms with Gasteiger partial charge < -0.3 is 9.84 Å². The molecular formula is C9H15NO3. The normalized spacial score (nSPS) is 18.0. The van der Waals surface area contributed by atoms with E-state index < -0.39 is 12.1 Å². The van der Waals surface area contributed by atoms with Crippen molar-refractivity contribution in [3.8, 4) is 0 Å². The van der Waals surface area contributed by atoms with Gasteiger partial charge in [-0.2, -0.15) is 0 Å². The van der Waals surface area contributed by atoms with E-state index in [2.05, 4.69) is 11.5 Å². The lowest BCUT2D eigenvalue weighted by molar-refractivity contribution is -0.141. The summed E-state index contributed by atoms with van der Waals surface area (Å²) in [6.07, 6.45) is -0.578. The topological polar surface area (TPSA) is 49.5 Å². The van der Waals surface area contributed by atoms with Crippen molar-refractivity contribution in [2.24, 2.45) is 0 Å². The Hall–Kier alpha value is -0.870. The summed E-state index contributed by atoms with van der Waals surface area (Å²) in [6.45, 7) is 7.73. The number of carbonyl (C=O) groups is 1. The van der Waals surface area contributed by atoms with Crippen LogP contribution >= 0.6 is 0 Å². The van der Waals surface area contributed by atoms with Gasteiger partial charge in [-0.15, -0.1) is 0 Å². The van der Waals surface area contributed by atoms with Crippen molar-refractivity contribution < 1.29 is 14.6 Å². The minimum Gasteiger partial charge on any atom is -0.460 e. The Morgan fingerprint density at radius 3 is 2.77 bits per heavy atom. The number of aliphatic hydroxyl groups excluding tert-OH is 1. The van der Waals surface area contributed by atoms with Gasteiger partial charge in [-0.05, 0) is 6.92 Å². The lowest BCUT2D eigenvalue weighted by Crippen LogP contribution is -2.26. The molecule has 4 nitrogen and oxygen atoms in total. The first-order valence-electron chi connectivity index (χ1n) is 4.32. The highest BCUT2D eigenvalue weighted by molar-refractivity contribution is 5.86. The number of aliphatic hydroxyl groups is 1. The molecule has 1 aliphatic rings. The average molecular weight is 185 g/mol. The van der Waals surface area contributed by atoms with E-state index in [1.807, 2.05) is 0 Å². The number of nitrogens with zero attached hydrogens (tertiary/aromatic N) is 1. The lowest BCUT2D eigenvalue weighted by Gasteiger charge is -2.11. The maximum Gasteiger partial charge on any atom is 0.333 e. The second-order valence-corrected chi connectivity index (χ2v) is 3.33. The van der Waals surface area contributed by atoms with Crippen molar-refractivity contribution in [2.45, 2.75) is 13.0 Å². The highest BCUT2D eigenvalue weighted by atomic mass is 16.5. The number of ether oxygens (including phenoxy) is 1. The van der Waals surface area contributed by atoms with Crippen LogP contribution in [0.1, 0.15) is 6.92 Å². The standard InChI is InChI=1S/C9H15NO3/c1-7(2)9(12)13-6-8(11)5-10-3-4-10/h8,11H,1,3-6H2,2H3. The van der Waals surface area contributed by atoms with Crippen molar-refractivity contribution in [2.75, 3.05) is 26.2 Å². The van der Waals surface area contributed by atoms with Crippen LogP contribution in [0.15, 0.2) is 12.2 Å². The summed E-state index contributed by atoms with van der Waals surface area (Å²) in [7, 11) is 0. The van der Waals surface area contributed by atoms with E-state index >= 15 is 0 Å². The van der Waals surface area contributed by atoms with E-state index in [0.717, 1.165) is 13.1 Å². The Morgan fingerprint density at radius 2 is 2.31 bits per heavy atom. The minimum atomic E-state index is -0.578. The van der Waals surface area contributed by atoms with Crippen molar-refractivity contribution in [1.29, 1.82) is 0 Å². The molecule has 4 heteroatoms. The molecule has 0 aliphatic carbocycles. The van der Waals surface area contributed by atoms with Crippen molar-refractivity contribution >= 4 is 5.97 Å². The molecule has 1 fully saturated rings. The second-order valence-electron chi connectivity index (χ2n) is 3.33. The zero-order valence-corrected chi connectivity index (χ0v) is 7.82. The van der Waals surface area contributed by atoms with Crippen molar-refractivity contribution in [3.63, 3.8) is 0 Å². The highest BCUT2D eigenvalue weighted by Gasteiger charge is 2.21. The molecule has 74 valence electrons. The molecule has 1 unspecified atom stereocenters. The Labute approximate surface area is 77.8 Å². The number of carbonyl (C=O) groups excluding carboxylic acids is 1. The summed E-state index contributed by atoms with van der Waals surface area (Å²) >= 11 is 0. The molecule has 0 aromatic heterocycles. The number of hydrogen-bond donors (Lipinski definition) is 1. The average Bonchev–Trinajstić information content (AvgIpc) is 2.83. The maximum absolute atomic E-state index is 10.9. The van der Waals surface area contributed by atoms with Gasteiger partial charge >= 0.3 is 5.97 Å². The number of rotatable bonds is 5. The zero-order chi connectivity index (χ0) is 9.84. The molecule has 1 atom stereocenters. The predicted molar refractivity (Wildman–Crippen MR) is 48.2 cm³/mol. The molecule has 0 radical (unpaired) electrons. The zero-order valence-electron chi connectivity index (χ0n) is 7.82. The maximum atomic E-state index is 10.9. The SMILES string of the molecule is C=C(C)C(=O)OCC(O)CN1CC1. The Kier molecular flexibility index (Phi) is 3.45. The first kappa shape index (κ1) is 10.2. The minimum absolute atomic E-state index is 0.0577. The van der Waals surface area contributed by atoms with Gasteiger partial charge in [-0.25, -0.2) is 4.79 Å². The van der Waals surface area contributed by atoms with E-state index in [1.165, 1.54) is 0 Å². The first-order chi connectivity index (χ1) is 6.09. The first-order valence-corrected chi connectivity index (χ1v) is 4.32. The molecular weight excluding hydrogens is 170 g/mol. The third-order valence-corrected chi connectivity index (χ3v) is 1.76. The van der Waals surface area contributed by atoms with Crippen LogP contribution in [0.2, 0.25) is 0 Å². The van der Waals surface area contributed by atoms with E-state index in [9.17, 15) is 9.90 Å². The van der Waals surface area contributed by atoms with Gasteiger partial charge in [0.15, 0.2) is 0 Å². The van der Waals surface area contributed by atoms with Crippen LogP contribution < -0.4 is 0 Å². The second kappa shape index (κ2) is 4.39.